The van der Waals surface area contributed by atoms with Crippen molar-refractivity contribution in [3.63, 3.8) is 0 Å². The van der Waals surface area contributed by atoms with Crippen molar-refractivity contribution in [2.45, 2.75) is 41.0 Å². The molecule has 0 saturated heterocycles. The van der Waals surface area contributed by atoms with Crippen molar-refractivity contribution in [1.82, 2.24) is 0 Å². The van der Waals surface area contributed by atoms with E-state index in [0.717, 1.165) is 12.0 Å². The van der Waals surface area contributed by atoms with Gasteiger partial charge in [-0.05, 0) is 18.9 Å². The molecule has 16 heavy (non-hydrogen) atoms. The molecule has 0 nitrogen and oxygen atoms in total. The Kier molecular flexibility index (Phi) is 56.1. The Morgan fingerprint density at radius 3 is 1.38 bits per heavy atom. The largest absolute Gasteiger partial charge is 0.103 e. The number of allylic oxidation sites excluding steroid dienone is 6. The van der Waals surface area contributed by atoms with E-state index in [2.05, 4.69) is 32.4 Å². The first kappa shape index (κ1) is 24.1. The quantitative estimate of drug-likeness (QED) is 0.398. The molecule has 0 unspecified atom stereocenters. The van der Waals surface area contributed by atoms with Gasteiger partial charge in [-0.25, -0.2) is 0 Å². The minimum absolute atomic E-state index is 0.870. The lowest BCUT2D eigenvalue weighted by molar-refractivity contribution is 1.39. The summed E-state index contributed by atoms with van der Waals surface area (Å²) in [5.41, 5.74) is 0.870. The second kappa shape index (κ2) is 37.3. The second-order valence-corrected chi connectivity index (χ2v) is 2.08. The average molecular weight is 222 g/mol. The molecular formula is C16H30. The molecule has 0 bridgehead atoms. The van der Waals surface area contributed by atoms with Crippen LogP contribution in [0.25, 0.3) is 0 Å². The lowest BCUT2D eigenvalue weighted by atomic mass is 10.3. The van der Waals surface area contributed by atoms with Crippen LogP contribution in [0.5, 0.6) is 0 Å². The summed E-state index contributed by atoms with van der Waals surface area (Å²) in [5, 5.41) is 0. The van der Waals surface area contributed by atoms with Crippen LogP contribution in [-0.2, 0) is 0 Å². The van der Waals surface area contributed by atoms with Crippen molar-refractivity contribution >= 4 is 0 Å². The Balaban J connectivity index is -0.0000000686. The first-order chi connectivity index (χ1) is 7.72. The predicted octanol–water partition coefficient (Wildman–Crippen LogP) is 6.11. The fourth-order valence-corrected chi connectivity index (χ4v) is 0.316. The van der Waals surface area contributed by atoms with Gasteiger partial charge in [0.1, 0.15) is 0 Å². The van der Waals surface area contributed by atoms with Crippen molar-refractivity contribution in [3.05, 3.63) is 62.3 Å². The third-order valence-corrected chi connectivity index (χ3v) is 1.06. The molecular weight excluding hydrogens is 192 g/mol. The molecule has 0 N–H and O–H groups in total. The topological polar surface area (TPSA) is 0 Å². The van der Waals surface area contributed by atoms with Crippen LogP contribution >= 0.6 is 0 Å². The zero-order chi connectivity index (χ0) is 13.8. The molecule has 0 atom stereocenters. The third kappa shape index (κ3) is 53.5. The fourth-order valence-electron chi connectivity index (χ4n) is 0.316. The molecule has 0 heterocycles. The number of rotatable bonds is 4. The van der Waals surface area contributed by atoms with Crippen LogP contribution < -0.4 is 0 Å². The Bertz CT molecular complexity index is 160. The molecule has 94 valence electrons. The Morgan fingerprint density at radius 1 is 0.938 bits per heavy atom. The van der Waals surface area contributed by atoms with E-state index in [9.17, 15) is 0 Å². The summed E-state index contributed by atoms with van der Waals surface area (Å²) in [6.45, 7) is 24.0. The van der Waals surface area contributed by atoms with Crippen LogP contribution in [0.3, 0.4) is 0 Å². The molecule has 0 amide bonds. The first-order valence-electron chi connectivity index (χ1n) is 5.88. The summed E-state index contributed by atoms with van der Waals surface area (Å²) in [7, 11) is 0. The van der Waals surface area contributed by atoms with Crippen molar-refractivity contribution in [1.29, 1.82) is 0 Å². The summed E-state index contributed by atoms with van der Waals surface area (Å²) in [5.74, 6) is 0. The number of hydrogen-bond donors (Lipinski definition) is 0. The molecule has 0 spiro atoms. The van der Waals surface area contributed by atoms with E-state index in [1.165, 1.54) is 0 Å². The Labute approximate surface area is 104 Å². The second-order valence-electron chi connectivity index (χ2n) is 2.08. The summed E-state index contributed by atoms with van der Waals surface area (Å²) in [6, 6.07) is 0. The van der Waals surface area contributed by atoms with Crippen LogP contribution in [0.1, 0.15) is 41.0 Å². The Morgan fingerprint density at radius 2 is 1.31 bits per heavy atom. The zero-order valence-electron chi connectivity index (χ0n) is 11.9. The van der Waals surface area contributed by atoms with E-state index in [-0.39, 0.29) is 0 Å². The zero-order valence-corrected chi connectivity index (χ0v) is 11.9. The van der Waals surface area contributed by atoms with E-state index in [1.807, 2.05) is 46.8 Å². The van der Waals surface area contributed by atoms with Crippen LogP contribution in [-0.4, -0.2) is 0 Å². The summed E-state index contributed by atoms with van der Waals surface area (Å²) in [4.78, 5) is 0. The summed E-state index contributed by atoms with van der Waals surface area (Å²) in [6.07, 6.45) is 10.3. The van der Waals surface area contributed by atoms with Crippen LogP contribution in [0.4, 0.5) is 0 Å². The van der Waals surface area contributed by atoms with Crippen molar-refractivity contribution in [2.75, 3.05) is 0 Å². The molecule has 0 fully saturated rings. The molecule has 0 aliphatic rings. The molecule has 0 aliphatic carbocycles. The molecule has 0 aromatic carbocycles. The van der Waals surface area contributed by atoms with Gasteiger partial charge in [-0.15, -0.1) is 6.58 Å². The van der Waals surface area contributed by atoms with Gasteiger partial charge in [0, 0.05) is 0 Å². The van der Waals surface area contributed by atoms with Crippen molar-refractivity contribution < 1.29 is 0 Å². The van der Waals surface area contributed by atoms with Gasteiger partial charge in [0.05, 0.1) is 0 Å². The molecule has 0 aliphatic heterocycles. The van der Waals surface area contributed by atoms with Crippen LogP contribution in [0.2, 0.25) is 0 Å². The highest BCUT2D eigenvalue weighted by Gasteiger charge is 1.65. The van der Waals surface area contributed by atoms with E-state index in [0.29, 0.717) is 0 Å². The Hall–Kier alpha value is -1.30. The van der Waals surface area contributed by atoms with E-state index in [4.69, 9.17) is 0 Å². The van der Waals surface area contributed by atoms with Gasteiger partial charge >= 0.3 is 0 Å². The SMILES string of the molecule is C=CC(=C)C=C.C=CC/C=C\C.CC.CC. The van der Waals surface area contributed by atoms with Gasteiger partial charge in [-0.3, -0.25) is 0 Å². The molecule has 0 aromatic rings. The van der Waals surface area contributed by atoms with E-state index < -0.39 is 0 Å². The van der Waals surface area contributed by atoms with Gasteiger partial charge in [0.15, 0.2) is 0 Å². The first-order valence-corrected chi connectivity index (χ1v) is 5.88. The lowest BCUT2D eigenvalue weighted by Crippen LogP contribution is -1.55. The molecule has 0 heteroatoms. The maximum Gasteiger partial charge on any atom is -0.0172 e. The highest BCUT2D eigenvalue weighted by molar-refractivity contribution is 5.22. The standard InChI is InChI=1S/C6H8.C6H10.2C2H6/c1-4-6(3)5-2;1-3-5-6-4-2;2*1-2/h4-5H,1-3H2;3-4,6H,1,5H2,2H3;2*1-2H3/b;6-4-;;. The third-order valence-electron chi connectivity index (χ3n) is 1.06. The maximum atomic E-state index is 3.56. The minimum Gasteiger partial charge on any atom is -0.103 e. The van der Waals surface area contributed by atoms with E-state index in [1.54, 1.807) is 12.2 Å². The molecule has 0 saturated carbocycles. The normalized spacial score (nSPS) is 6.81. The summed E-state index contributed by atoms with van der Waals surface area (Å²) < 4.78 is 0. The van der Waals surface area contributed by atoms with Crippen LogP contribution in [0.15, 0.2) is 62.3 Å². The monoisotopic (exact) mass is 222 g/mol. The smallest absolute Gasteiger partial charge is 0.0172 e. The highest BCUT2D eigenvalue weighted by Crippen LogP contribution is 1.86. The van der Waals surface area contributed by atoms with Gasteiger partial charge in [-0.2, -0.15) is 0 Å². The fraction of sp³-hybridized carbons (Fsp3) is 0.375. The highest BCUT2D eigenvalue weighted by atomic mass is 13.7. The lowest BCUT2D eigenvalue weighted by Gasteiger charge is -1.76. The van der Waals surface area contributed by atoms with Crippen molar-refractivity contribution in [2.24, 2.45) is 0 Å². The van der Waals surface area contributed by atoms with Crippen molar-refractivity contribution in [3.8, 4) is 0 Å². The van der Waals surface area contributed by atoms with E-state index >= 15 is 0 Å². The van der Waals surface area contributed by atoms with Gasteiger partial charge in [-0.1, -0.05) is 77.8 Å². The van der Waals surface area contributed by atoms with Gasteiger partial charge < -0.3 is 0 Å². The number of hydrogen-bond acceptors (Lipinski definition) is 0. The average Bonchev–Trinajstić information content (AvgIpc) is 2.40. The summed E-state index contributed by atoms with van der Waals surface area (Å²) >= 11 is 0. The predicted molar refractivity (Wildman–Crippen MR) is 81.9 cm³/mol. The molecule has 0 radical (unpaired) electrons. The maximum absolute atomic E-state index is 3.56. The van der Waals surface area contributed by atoms with Crippen LogP contribution in [0, 0.1) is 0 Å². The molecule has 0 aromatic heterocycles. The van der Waals surface area contributed by atoms with Gasteiger partial charge in [0.25, 0.3) is 0 Å². The molecule has 0 rings (SSSR count). The van der Waals surface area contributed by atoms with Gasteiger partial charge in [0.2, 0.25) is 0 Å². The minimum atomic E-state index is 0.870.